The molecule has 0 saturated carbocycles. The molecule has 0 aromatic carbocycles. The van der Waals surface area contributed by atoms with Crippen LogP contribution in [0.15, 0.2) is 6.07 Å². The van der Waals surface area contributed by atoms with Gasteiger partial charge in [0.05, 0.1) is 10.3 Å². The zero-order valence-electron chi connectivity index (χ0n) is 11.1. The quantitative estimate of drug-likeness (QED) is 0.829. The second-order valence-corrected chi connectivity index (χ2v) is 7.17. The fourth-order valence-electron chi connectivity index (χ4n) is 2.26. The number of nitrogens with two attached hydrogens (primary N) is 1. The maximum absolute atomic E-state index is 12.0. The molecule has 8 heteroatoms. The van der Waals surface area contributed by atoms with E-state index in [1.54, 1.807) is 4.90 Å². The molecule has 1 saturated heterocycles. The van der Waals surface area contributed by atoms with Crippen LogP contribution in [-0.2, 0) is 9.59 Å². The van der Waals surface area contributed by atoms with Crippen LogP contribution < -0.4 is 5.73 Å². The van der Waals surface area contributed by atoms with Crippen LogP contribution in [0.3, 0.4) is 0 Å². The van der Waals surface area contributed by atoms with Crippen molar-refractivity contribution in [1.29, 1.82) is 0 Å². The van der Waals surface area contributed by atoms with E-state index >= 15 is 0 Å². The van der Waals surface area contributed by atoms with Crippen LogP contribution in [0.2, 0.25) is 8.67 Å². The Labute approximate surface area is 136 Å². The highest BCUT2D eigenvalue weighted by molar-refractivity contribution is 7.20. The van der Waals surface area contributed by atoms with Crippen molar-refractivity contribution in [2.24, 2.45) is 11.7 Å². The molecule has 0 bridgehead atoms. The fourth-order valence-corrected chi connectivity index (χ4v) is 3.76. The number of thiophene rings is 1. The molecule has 5 nitrogen and oxygen atoms in total. The summed E-state index contributed by atoms with van der Waals surface area (Å²) in [7, 11) is 0. The predicted molar refractivity (Wildman–Crippen MR) is 81.8 cm³/mol. The standard InChI is InChI=1S/C13H14Cl2N2O3S/c14-10-5-8(12(15)21-10)9(18)1-2-11(19)17-4-3-7(6-17)13(16)20/h5,7H,1-4,6H2,(H2,16,20)/t7-/m1/s1. The lowest BCUT2D eigenvalue weighted by atomic mass is 10.1. The molecule has 1 aliphatic rings. The van der Waals surface area contributed by atoms with E-state index in [0.29, 0.717) is 33.7 Å². The van der Waals surface area contributed by atoms with E-state index in [-0.39, 0.29) is 36.4 Å². The van der Waals surface area contributed by atoms with Gasteiger partial charge in [-0.3, -0.25) is 14.4 Å². The van der Waals surface area contributed by atoms with Gasteiger partial charge in [0, 0.05) is 31.5 Å². The largest absolute Gasteiger partial charge is 0.369 e. The normalized spacial score (nSPS) is 18.0. The van der Waals surface area contributed by atoms with Gasteiger partial charge in [0.15, 0.2) is 5.78 Å². The van der Waals surface area contributed by atoms with Gasteiger partial charge in [-0.05, 0) is 12.5 Å². The number of Topliss-reactive ketones (excluding diaryl/α,β-unsaturated/α-hetero) is 1. The van der Waals surface area contributed by atoms with Crippen molar-refractivity contribution in [3.63, 3.8) is 0 Å². The third-order valence-corrected chi connectivity index (χ3v) is 4.95. The first kappa shape index (κ1) is 16.3. The van der Waals surface area contributed by atoms with Gasteiger partial charge in [0.1, 0.15) is 4.34 Å². The van der Waals surface area contributed by atoms with Crippen LogP contribution in [0, 0.1) is 5.92 Å². The van der Waals surface area contributed by atoms with Crippen LogP contribution in [0.25, 0.3) is 0 Å². The van der Waals surface area contributed by atoms with Crippen LogP contribution in [-0.4, -0.2) is 35.6 Å². The Balaban J connectivity index is 1.86. The average Bonchev–Trinajstić information content (AvgIpc) is 3.02. The third-order valence-electron chi connectivity index (χ3n) is 3.47. The first-order chi connectivity index (χ1) is 9.88. The molecular formula is C13H14Cl2N2O3S. The summed E-state index contributed by atoms with van der Waals surface area (Å²) in [5, 5.41) is 0. The molecule has 1 atom stereocenters. The lowest BCUT2D eigenvalue weighted by Gasteiger charge is -2.15. The summed E-state index contributed by atoms with van der Waals surface area (Å²) in [6.07, 6.45) is 0.748. The van der Waals surface area contributed by atoms with E-state index in [1.807, 2.05) is 0 Å². The monoisotopic (exact) mass is 348 g/mol. The highest BCUT2D eigenvalue weighted by atomic mass is 35.5. The molecule has 1 fully saturated rings. The summed E-state index contributed by atoms with van der Waals surface area (Å²) in [4.78, 5) is 36.6. The van der Waals surface area contributed by atoms with Gasteiger partial charge in [0.25, 0.3) is 0 Å². The summed E-state index contributed by atoms with van der Waals surface area (Å²) in [5.74, 6) is -1.03. The number of likely N-dealkylation sites (tertiary alicyclic amines) is 1. The molecular weight excluding hydrogens is 335 g/mol. The van der Waals surface area contributed by atoms with Crippen LogP contribution >= 0.6 is 34.5 Å². The van der Waals surface area contributed by atoms with Crippen molar-refractivity contribution in [1.82, 2.24) is 4.90 Å². The van der Waals surface area contributed by atoms with Crippen molar-refractivity contribution >= 4 is 52.1 Å². The molecule has 0 aliphatic carbocycles. The molecule has 0 radical (unpaired) electrons. The van der Waals surface area contributed by atoms with Gasteiger partial charge < -0.3 is 10.6 Å². The smallest absolute Gasteiger partial charge is 0.223 e. The minimum absolute atomic E-state index is 0.0728. The van der Waals surface area contributed by atoms with Gasteiger partial charge in [0.2, 0.25) is 11.8 Å². The fraction of sp³-hybridized carbons (Fsp3) is 0.462. The van der Waals surface area contributed by atoms with Gasteiger partial charge in [-0.1, -0.05) is 23.2 Å². The van der Waals surface area contributed by atoms with Crippen molar-refractivity contribution in [3.8, 4) is 0 Å². The number of halogens is 2. The highest BCUT2D eigenvalue weighted by Crippen LogP contribution is 2.32. The number of carbonyl (C=O) groups is 3. The van der Waals surface area contributed by atoms with E-state index in [9.17, 15) is 14.4 Å². The van der Waals surface area contributed by atoms with E-state index < -0.39 is 0 Å². The molecule has 2 amide bonds. The minimum atomic E-state index is -0.388. The summed E-state index contributed by atoms with van der Waals surface area (Å²) < 4.78 is 0.783. The number of hydrogen-bond acceptors (Lipinski definition) is 4. The maximum atomic E-state index is 12.0. The average molecular weight is 349 g/mol. The molecule has 114 valence electrons. The van der Waals surface area contributed by atoms with E-state index in [0.717, 1.165) is 11.3 Å². The van der Waals surface area contributed by atoms with Gasteiger partial charge in [-0.15, -0.1) is 11.3 Å². The lowest BCUT2D eigenvalue weighted by molar-refractivity contribution is -0.130. The summed E-state index contributed by atoms with van der Waals surface area (Å²) in [6, 6.07) is 1.51. The number of amides is 2. The summed E-state index contributed by atoms with van der Waals surface area (Å²) >= 11 is 12.8. The molecule has 1 aromatic rings. The van der Waals surface area contributed by atoms with E-state index in [1.165, 1.54) is 6.07 Å². The number of primary amides is 1. The molecule has 21 heavy (non-hydrogen) atoms. The zero-order valence-corrected chi connectivity index (χ0v) is 13.4. The Hall–Kier alpha value is -1.11. The molecule has 2 N–H and O–H groups in total. The van der Waals surface area contributed by atoms with Gasteiger partial charge in [-0.2, -0.15) is 0 Å². The number of ketones is 1. The predicted octanol–water partition coefficient (Wildman–Crippen LogP) is 2.35. The summed E-state index contributed by atoms with van der Waals surface area (Å²) in [5.41, 5.74) is 5.58. The van der Waals surface area contributed by atoms with Gasteiger partial charge >= 0.3 is 0 Å². The highest BCUT2D eigenvalue weighted by Gasteiger charge is 2.29. The Morgan fingerprint density at radius 3 is 2.57 bits per heavy atom. The first-order valence-electron chi connectivity index (χ1n) is 6.43. The SMILES string of the molecule is NC(=O)[C@@H]1CCN(C(=O)CCC(=O)c2cc(Cl)sc2Cl)C1. The van der Waals surface area contributed by atoms with Gasteiger partial charge in [-0.25, -0.2) is 0 Å². The van der Waals surface area contributed by atoms with Crippen LogP contribution in [0.5, 0.6) is 0 Å². The Morgan fingerprint density at radius 1 is 1.33 bits per heavy atom. The van der Waals surface area contributed by atoms with Crippen LogP contribution in [0.4, 0.5) is 0 Å². The Bertz CT molecular complexity index is 588. The molecule has 1 aliphatic heterocycles. The summed E-state index contributed by atoms with van der Waals surface area (Å²) in [6.45, 7) is 0.846. The minimum Gasteiger partial charge on any atom is -0.369 e. The topological polar surface area (TPSA) is 80.5 Å². The van der Waals surface area contributed by atoms with Crippen molar-refractivity contribution in [2.45, 2.75) is 19.3 Å². The second-order valence-electron chi connectivity index (χ2n) is 4.89. The Kier molecular flexibility index (Phi) is 5.24. The molecule has 1 aromatic heterocycles. The maximum Gasteiger partial charge on any atom is 0.223 e. The zero-order chi connectivity index (χ0) is 15.6. The number of hydrogen-bond donors (Lipinski definition) is 1. The van der Waals surface area contributed by atoms with E-state index in [4.69, 9.17) is 28.9 Å². The van der Waals surface area contributed by atoms with Crippen molar-refractivity contribution in [3.05, 3.63) is 20.3 Å². The number of carbonyl (C=O) groups excluding carboxylic acids is 3. The molecule has 2 rings (SSSR count). The first-order valence-corrected chi connectivity index (χ1v) is 8.01. The molecule has 0 unspecified atom stereocenters. The third kappa shape index (κ3) is 3.96. The molecule has 0 spiro atoms. The van der Waals surface area contributed by atoms with Crippen molar-refractivity contribution in [2.75, 3.05) is 13.1 Å². The number of rotatable bonds is 5. The second kappa shape index (κ2) is 6.77. The molecule has 2 heterocycles. The number of nitrogens with zero attached hydrogens (tertiary/aromatic N) is 1. The van der Waals surface area contributed by atoms with E-state index in [2.05, 4.69) is 0 Å². The lowest BCUT2D eigenvalue weighted by Crippen LogP contribution is -2.31. The van der Waals surface area contributed by atoms with Crippen molar-refractivity contribution < 1.29 is 14.4 Å². The Morgan fingerprint density at radius 2 is 2.05 bits per heavy atom. The van der Waals surface area contributed by atoms with Crippen LogP contribution in [0.1, 0.15) is 29.6 Å².